The fourth-order valence-corrected chi connectivity index (χ4v) is 4.45. The number of carbonyl (C=O) groups excluding carboxylic acids is 2. The van der Waals surface area contributed by atoms with Gasteiger partial charge < -0.3 is 5.32 Å². The number of hydrogen-bond donors (Lipinski definition) is 1. The van der Waals surface area contributed by atoms with Crippen LogP contribution in [0.3, 0.4) is 0 Å². The largest absolute Gasteiger partial charge is 0.377 e. The molecule has 4 rings (SSSR count). The predicted octanol–water partition coefficient (Wildman–Crippen LogP) is 3.80. The fourth-order valence-electron chi connectivity index (χ4n) is 4.45. The second kappa shape index (κ2) is 7.13. The highest BCUT2D eigenvalue weighted by molar-refractivity contribution is 6.22. The van der Waals surface area contributed by atoms with Crippen LogP contribution in [-0.4, -0.2) is 22.8 Å². The number of allylic oxidation sites excluding steroid dienone is 2. The van der Waals surface area contributed by atoms with E-state index in [1.54, 1.807) is 12.1 Å². The number of benzene rings is 1. The third kappa shape index (κ3) is 3.22. The molecule has 1 saturated heterocycles. The smallest absolute Gasteiger partial charge is 0.294 e. The Hall–Kier alpha value is -2.70. The lowest BCUT2D eigenvalue weighted by Gasteiger charge is -2.24. The molecule has 7 nitrogen and oxygen atoms in total. The van der Waals surface area contributed by atoms with Crippen molar-refractivity contribution in [2.45, 2.75) is 51.0 Å². The van der Waals surface area contributed by atoms with Gasteiger partial charge in [0.1, 0.15) is 5.69 Å². The third-order valence-corrected chi connectivity index (χ3v) is 5.91. The molecule has 2 fully saturated rings. The van der Waals surface area contributed by atoms with Crippen LogP contribution in [0.4, 0.5) is 17.1 Å². The van der Waals surface area contributed by atoms with Crippen molar-refractivity contribution in [2.75, 3.05) is 10.2 Å². The SMILES string of the molecule is O=C1[C@H]2CC=CC[C@@H]2C(=O)N1c1ccc(NC2CCCCC2)c([N+](=O)[O-])c1. The van der Waals surface area contributed by atoms with Crippen LogP contribution in [0.1, 0.15) is 44.9 Å². The van der Waals surface area contributed by atoms with Crippen molar-refractivity contribution in [1.82, 2.24) is 0 Å². The Morgan fingerprint density at radius 3 is 2.22 bits per heavy atom. The first kappa shape index (κ1) is 17.7. The summed E-state index contributed by atoms with van der Waals surface area (Å²) < 4.78 is 0. The van der Waals surface area contributed by atoms with Crippen LogP contribution >= 0.6 is 0 Å². The Kier molecular flexibility index (Phi) is 4.68. The van der Waals surface area contributed by atoms with E-state index in [0.29, 0.717) is 24.2 Å². The molecule has 1 heterocycles. The molecule has 0 aromatic heterocycles. The maximum Gasteiger partial charge on any atom is 0.294 e. The van der Waals surface area contributed by atoms with Gasteiger partial charge in [-0.1, -0.05) is 31.4 Å². The summed E-state index contributed by atoms with van der Waals surface area (Å²) in [5.74, 6) is -1.20. The summed E-state index contributed by atoms with van der Waals surface area (Å²) in [4.78, 5) is 37.7. The van der Waals surface area contributed by atoms with E-state index in [4.69, 9.17) is 0 Å². The van der Waals surface area contributed by atoms with E-state index in [9.17, 15) is 19.7 Å². The summed E-state index contributed by atoms with van der Waals surface area (Å²) in [7, 11) is 0. The zero-order chi connectivity index (χ0) is 19.0. The van der Waals surface area contributed by atoms with Crippen LogP contribution in [0, 0.1) is 22.0 Å². The highest BCUT2D eigenvalue weighted by atomic mass is 16.6. The van der Waals surface area contributed by atoms with Gasteiger partial charge in [0, 0.05) is 12.1 Å². The molecule has 27 heavy (non-hydrogen) atoms. The molecular formula is C20H23N3O4. The van der Waals surface area contributed by atoms with Gasteiger partial charge in [-0.05, 0) is 37.8 Å². The molecule has 0 bridgehead atoms. The summed E-state index contributed by atoms with van der Waals surface area (Å²) in [6.07, 6.45) is 10.4. The first-order chi connectivity index (χ1) is 13.1. The average Bonchev–Trinajstić information content (AvgIpc) is 2.94. The number of amides is 2. The molecule has 1 aromatic carbocycles. The summed E-state index contributed by atoms with van der Waals surface area (Å²) in [6.45, 7) is 0. The van der Waals surface area contributed by atoms with Crippen molar-refractivity contribution in [3.05, 3.63) is 40.5 Å². The second-order valence-electron chi connectivity index (χ2n) is 7.61. The van der Waals surface area contributed by atoms with Gasteiger partial charge in [-0.2, -0.15) is 0 Å². The third-order valence-electron chi connectivity index (χ3n) is 5.91. The Morgan fingerprint density at radius 1 is 1.00 bits per heavy atom. The fraction of sp³-hybridized carbons (Fsp3) is 0.500. The number of rotatable bonds is 4. The maximum absolute atomic E-state index is 12.7. The van der Waals surface area contributed by atoms with Crippen molar-refractivity contribution in [3.63, 3.8) is 0 Å². The lowest BCUT2D eigenvalue weighted by atomic mass is 9.85. The highest BCUT2D eigenvalue weighted by Crippen LogP contribution is 2.40. The molecule has 3 aliphatic rings. The minimum absolute atomic E-state index is 0.0910. The van der Waals surface area contributed by atoms with Crippen molar-refractivity contribution in [3.8, 4) is 0 Å². The maximum atomic E-state index is 12.7. The van der Waals surface area contributed by atoms with Gasteiger partial charge in [0.15, 0.2) is 0 Å². The molecule has 142 valence electrons. The normalized spacial score (nSPS) is 25.6. The van der Waals surface area contributed by atoms with Crippen molar-refractivity contribution >= 4 is 28.9 Å². The van der Waals surface area contributed by atoms with E-state index in [1.807, 2.05) is 12.2 Å². The van der Waals surface area contributed by atoms with Gasteiger partial charge in [0.25, 0.3) is 5.69 Å². The number of anilines is 2. The predicted molar refractivity (Wildman–Crippen MR) is 101 cm³/mol. The lowest BCUT2D eigenvalue weighted by molar-refractivity contribution is -0.383. The first-order valence-electron chi connectivity index (χ1n) is 9.64. The van der Waals surface area contributed by atoms with Crippen LogP contribution < -0.4 is 10.2 Å². The number of nitrogens with zero attached hydrogens (tertiary/aromatic N) is 2. The first-order valence-corrected chi connectivity index (χ1v) is 9.64. The standard InChI is InChI=1S/C20H23N3O4/c24-19-15-8-4-5-9-16(15)20(25)22(19)14-10-11-17(18(12-14)23(26)27)21-13-6-2-1-3-7-13/h4-5,10-13,15-16,21H,1-3,6-9H2/t15-,16-/m0/s1. The molecular weight excluding hydrogens is 346 g/mol. The van der Waals surface area contributed by atoms with E-state index in [2.05, 4.69) is 5.32 Å². The van der Waals surface area contributed by atoms with Gasteiger partial charge >= 0.3 is 0 Å². The zero-order valence-electron chi connectivity index (χ0n) is 15.1. The summed E-state index contributed by atoms with van der Waals surface area (Å²) >= 11 is 0. The van der Waals surface area contributed by atoms with Crippen molar-refractivity contribution in [1.29, 1.82) is 0 Å². The van der Waals surface area contributed by atoms with Crippen LogP contribution in [0.15, 0.2) is 30.4 Å². The minimum Gasteiger partial charge on any atom is -0.377 e. The van der Waals surface area contributed by atoms with Gasteiger partial charge in [-0.15, -0.1) is 0 Å². The molecule has 1 aliphatic heterocycles. The Labute approximate surface area is 157 Å². The van der Waals surface area contributed by atoms with Crippen LogP contribution in [0.2, 0.25) is 0 Å². The highest BCUT2D eigenvalue weighted by Gasteiger charge is 2.48. The number of imide groups is 1. The van der Waals surface area contributed by atoms with Crippen LogP contribution in [-0.2, 0) is 9.59 Å². The average molecular weight is 369 g/mol. The van der Waals surface area contributed by atoms with Crippen LogP contribution in [0.5, 0.6) is 0 Å². The Bertz CT molecular complexity index is 787. The summed E-state index contributed by atoms with van der Waals surface area (Å²) in [6, 6.07) is 4.85. The molecule has 0 radical (unpaired) electrons. The quantitative estimate of drug-likeness (QED) is 0.377. The molecule has 2 atom stereocenters. The van der Waals surface area contributed by atoms with Gasteiger partial charge in [0.2, 0.25) is 11.8 Å². The zero-order valence-corrected chi connectivity index (χ0v) is 15.1. The Morgan fingerprint density at radius 2 is 1.63 bits per heavy atom. The van der Waals surface area contributed by atoms with E-state index in [1.165, 1.54) is 12.5 Å². The monoisotopic (exact) mass is 369 g/mol. The number of nitrogens with one attached hydrogen (secondary N) is 1. The molecule has 7 heteroatoms. The molecule has 0 unspecified atom stereocenters. The van der Waals surface area contributed by atoms with Gasteiger partial charge in [-0.3, -0.25) is 19.7 Å². The number of fused-ring (bicyclic) bond motifs is 1. The van der Waals surface area contributed by atoms with E-state index in [0.717, 1.165) is 30.6 Å². The van der Waals surface area contributed by atoms with E-state index >= 15 is 0 Å². The number of hydrogen-bond acceptors (Lipinski definition) is 5. The van der Waals surface area contributed by atoms with Crippen molar-refractivity contribution < 1.29 is 14.5 Å². The molecule has 1 saturated carbocycles. The van der Waals surface area contributed by atoms with E-state index < -0.39 is 4.92 Å². The van der Waals surface area contributed by atoms with Gasteiger partial charge in [0.05, 0.1) is 22.4 Å². The topological polar surface area (TPSA) is 92.6 Å². The molecule has 2 amide bonds. The molecule has 1 aromatic rings. The molecule has 2 aliphatic carbocycles. The summed E-state index contributed by atoms with van der Waals surface area (Å²) in [5.41, 5.74) is 0.654. The molecule has 1 N–H and O–H groups in total. The number of nitro groups is 1. The Balaban J connectivity index is 1.62. The minimum atomic E-state index is -0.450. The number of nitro benzene ring substituents is 1. The van der Waals surface area contributed by atoms with Crippen LogP contribution in [0.25, 0.3) is 0 Å². The number of carbonyl (C=O) groups is 2. The second-order valence-corrected chi connectivity index (χ2v) is 7.61. The lowest BCUT2D eigenvalue weighted by Crippen LogP contribution is -2.31. The summed E-state index contributed by atoms with van der Waals surface area (Å²) in [5, 5.41) is 14.9. The van der Waals surface area contributed by atoms with Gasteiger partial charge in [-0.25, -0.2) is 4.90 Å². The van der Waals surface area contributed by atoms with E-state index in [-0.39, 0.29) is 35.4 Å². The van der Waals surface area contributed by atoms with Crippen molar-refractivity contribution in [2.24, 2.45) is 11.8 Å². The molecule has 0 spiro atoms.